The van der Waals surface area contributed by atoms with E-state index in [0.29, 0.717) is 30.8 Å². The number of amides is 2. The Labute approximate surface area is 276 Å². The average Bonchev–Trinajstić information content (AvgIpc) is 3.40. The van der Waals surface area contributed by atoms with Gasteiger partial charge in [0, 0.05) is 60.4 Å². The molecule has 2 aliphatic rings. The number of nitro groups is 1. The second-order valence-corrected chi connectivity index (χ2v) is 12.8. The summed E-state index contributed by atoms with van der Waals surface area (Å²) in [6.45, 7) is 6.88. The number of benzene rings is 3. The van der Waals surface area contributed by atoms with Crippen molar-refractivity contribution < 1.29 is 24.4 Å². The highest BCUT2D eigenvalue weighted by Gasteiger charge is 2.49. The molecule has 2 unspecified atom stereocenters. The molecule has 45 heavy (non-hydrogen) atoms. The summed E-state index contributed by atoms with van der Waals surface area (Å²) in [5, 5.41) is 23.0. The van der Waals surface area contributed by atoms with Crippen molar-refractivity contribution in [1.29, 1.82) is 0 Å². The minimum Gasteiger partial charge on any atom is -0.445 e. The van der Waals surface area contributed by atoms with E-state index >= 15 is 0 Å². The van der Waals surface area contributed by atoms with Crippen LogP contribution < -0.4 is 0 Å². The number of ether oxygens (including phenoxy) is 1. The van der Waals surface area contributed by atoms with Gasteiger partial charge in [0.05, 0.1) is 17.0 Å². The van der Waals surface area contributed by atoms with Crippen LogP contribution in [0.1, 0.15) is 34.3 Å². The van der Waals surface area contributed by atoms with Gasteiger partial charge >= 0.3 is 6.09 Å². The standard InChI is InChI=1S/C34H37IN4O6/c1-2-18-38(33(41)45-23-25-12-14-29(15-13-25)39(43)44)28-16-19-36(20-17-28)21-27-22-37(32(40)30-10-6-7-11-31(30)35)24-34(27,42)26-8-4-3-5-9-26/h2-15,27-28,42H,1,16-24H2. The lowest BCUT2D eigenvalue weighted by atomic mass is 9.83. The number of aliphatic hydroxyl groups is 1. The minimum absolute atomic E-state index is 0.0142. The summed E-state index contributed by atoms with van der Waals surface area (Å²) in [6.07, 6.45) is 2.67. The molecule has 2 amide bonds. The Bertz CT molecular complexity index is 1510. The number of carbonyl (C=O) groups excluding carboxylic acids is 2. The number of hydrogen-bond acceptors (Lipinski definition) is 7. The summed E-state index contributed by atoms with van der Waals surface area (Å²) >= 11 is 2.18. The van der Waals surface area contributed by atoms with Crippen LogP contribution in [0.5, 0.6) is 0 Å². The van der Waals surface area contributed by atoms with Gasteiger partial charge in [0.2, 0.25) is 0 Å². The van der Waals surface area contributed by atoms with Gasteiger partial charge in [-0.2, -0.15) is 0 Å². The Morgan fingerprint density at radius 2 is 1.73 bits per heavy atom. The molecular weight excluding hydrogens is 687 g/mol. The van der Waals surface area contributed by atoms with E-state index in [9.17, 15) is 24.8 Å². The molecule has 0 aliphatic carbocycles. The molecule has 2 aliphatic heterocycles. The maximum absolute atomic E-state index is 13.6. The molecule has 0 spiro atoms. The van der Waals surface area contributed by atoms with E-state index in [4.69, 9.17) is 4.74 Å². The van der Waals surface area contributed by atoms with E-state index in [1.807, 2.05) is 54.6 Å². The third-order valence-corrected chi connectivity index (χ3v) is 9.70. The van der Waals surface area contributed by atoms with E-state index in [1.54, 1.807) is 28.0 Å². The summed E-state index contributed by atoms with van der Waals surface area (Å²) < 4.78 is 6.45. The van der Waals surface area contributed by atoms with Gasteiger partial charge in [-0.1, -0.05) is 48.5 Å². The molecular formula is C34H37IN4O6. The monoisotopic (exact) mass is 724 g/mol. The number of non-ortho nitro benzene ring substituents is 1. The Morgan fingerprint density at radius 1 is 1.07 bits per heavy atom. The maximum Gasteiger partial charge on any atom is 0.410 e. The van der Waals surface area contributed by atoms with Crippen LogP contribution in [0.2, 0.25) is 0 Å². The third kappa shape index (κ3) is 7.54. The first-order chi connectivity index (χ1) is 21.7. The molecule has 5 rings (SSSR count). The number of rotatable bonds is 10. The van der Waals surface area contributed by atoms with Crippen LogP contribution in [0.15, 0.2) is 91.5 Å². The van der Waals surface area contributed by atoms with Crippen LogP contribution in [0.4, 0.5) is 10.5 Å². The lowest BCUT2D eigenvalue weighted by molar-refractivity contribution is -0.384. The van der Waals surface area contributed by atoms with E-state index < -0.39 is 16.6 Å². The van der Waals surface area contributed by atoms with Gasteiger partial charge in [-0.25, -0.2) is 4.79 Å². The number of piperidine rings is 1. The largest absolute Gasteiger partial charge is 0.445 e. The molecule has 236 valence electrons. The molecule has 2 atom stereocenters. The third-order valence-electron chi connectivity index (χ3n) is 8.76. The predicted octanol–water partition coefficient (Wildman–Crippen LogP) is 5.45. The van der Waals surface area contributed by atoms with Gasteiger partial charge in [0.1, 0.15) is 12.2 Å². The minimum atomic E-state index is -1.19. The summed E-state index contributed by atoms with van der Waals surface area (Å²) in [6, 6.07) is 23.0. The lowest BCUT2D eigenvalue weighted by Crippen LogP contribution is -2.50. The molecule has 0 saturated carbocycles. The zero-order valence-corrected chi connectivity index (χ0v) is 27.1. The molecule has 2 saturated heterocycles. The van der Waals surface area contributed by atoms with Crippen LogP contribution in [0, 0.1) is 19.6 Å². The van der Waals surface area contributed by atoms with Crippen molar-refractivity contribution in [1.82, 2.24) is 14.7 Å². The van der Waals surface area contributed by atoms with Crippen LogP contribution in [0.3, 0.4) is 0 Å². The van der Waals surface area contributed by atoms with E-state index in [0.717, 1.165) is 35.1 Å². The molecule has 0 bridgehead atoms. The Morgan fingerprint density at radius 3 is 2.38 bits per heavy atom. The highest BCUT2D eigenvalue weighted by atomic mass is 127. The second kappa shape index (κ2) is 14.5. The predicted molar refractivity (Wildman–Crippen MR) is 179 cm³/mol. The zero-order valence-electron chi connectivity index (χ0n) is 25.0. The molecule has 10 nitrogen and oxygen atoms in total. The van der Waals surface area contributed by atoms with Crippen molar-refractivity contribution in [3.63, 3.8) is 0 Å². The van der Waals surface area contributed by atoms with Gasteiger partial charge in [-0.3, -0.25) is 14.9 Å². The zero-order chi connectivity index (χ0) is 32.0. The van der Waals surface area contributed by atoms with E-state index in [1.165, 1.54) is 12.1 Å². The first kappa shape index (κ1) is 32.6. The molecule has 2 heterocycles. The second-order valence-electron chi connectivity index (χ2n) is 11.6. The number of halogens is 1. The molecule has 0 radical (unpaired) electrons. The summed E-state index contributed by atoms with van der Waals surface area (Å²) in [5.74, 6) is -0.277. The van der Waals surface area contributed by atoms with Gasteiger partial charge in [-0.05, 0) is 70.8 Å². The molecule has 1 N–H and O–H groups in total. The number of β-amino-alcohol motifs (C(OH)–C–C–N with tert-alkyl or cyclic N) is 1. The van der Waals surface area contributed by atoms with Crippen molar-refractivity contribution in [2.75, 3.05) is 39.3 Å². The maximum atomic E-state index is 13.6. The van der Waals surface area contributed by atoms with Gasteiger partial charge in [0.25, 0.3) is 11.6 Å². The van der Waals surface area contributed by atoms with Crippen LogP contribution in [-0.4, -0.2) is 82.0 Å². The van der Waals surface area contributed by atoms with Crippen molar-refractivity contribution in [3.05, 3.63) is 122 Å². The lowest BCUT2D eigenvalue weighted by Gasteiger charge is -2.40. The summed E-state index contributed by atoms with van der Waals surface area (Å²) in [7, 11) is 0. The highest BCUT2D eigenvalue weighted by molar-refractivity contribution is 14.1. The first-order valence-corrected chi connectivity index (χ1v) is 16.1. The quantitative estimate of drug-likeness (QED) is 0.128. The Hall–Kier alpha value is -3.81. The van der Waals surface area contributed by atoms with Gasteiger partial charge in [0.15, 0.2) is 0 Å². The average molecular weight is 725 g/mol. The van der Waals surface area contributed by atoms with Gasteiger partial charge in [-0.15, -0.1) is 6.58 Å². The Balaban J connectivity index is 1.22. The number of hydrogen-bond donors (Lipinski definition) is 1. The number of carbonyl (C=O) groups is 2. The molecule has 2 fully saturated rings. The highest BCUT2D eigenvalue weighted by Crippen LogP contribution is 2.39. The SMILES string of the molecule is C=CCN(C(=O)OCc1ccc([N+](=O)[O-])cc1)C1CCN(CC2CN(C(=O)c3ccccc3I)CC2(O)c2ccccc2)CC1. The number of nitro benzene ring substituents is 1. The van der Waals surface area contributed by atoms with Crippen molar-refractivity contribution in [3.8, 4) is 0 Å². The fraction of sp³-hybridized carbons (Fsp3) is 0.353. The van der Waals surface area contributed by atoms with Crippen molar-refractivity contribution in [2.24, 2.45) is 5.92 Å². The van der Waals surface area contributed by atoms with Crippen LogP contribution >= 0.6 is 22.6 Å². The molecule has 3 aromatic carbocycles. The fourth-order valence-corrected chi connectivity index (χ4v) is 6.92. The topological polar surface area (TPSA) is 116 Å². The van der Waals surface area contributed by atoms with Crippen LogP contribution in [0.25, 0.3) is 0 Å². The summed E-state index contributed by atoms with van der Waals surface area (Å²) in [4.78, 5) is 42.9. The molecule has 3 aromatic rings. The fourth-order valence-electron chi connectivity index (χ4n) is 6.30. The molecule has 11 heteroatoms. The molecule has 0 aromatic heterocycles. The Kier molecular flexibility index (Phi) is 10.5. The smallest absolute Gasteiger partial charge is 0.410 e. The van der Waals surface area contributed by atoms with Gasteiger partial charge < -0.3 is 24.5 Å². The summed E-state index contributed by atoms with van der Waals surface area (Å²) in [5.41, 5.74) is 0.896. The van der Waals surface area contributed by atoms with E-state index in [2.05, 4.69) is 34.1 Å². The van der Waals surface area contributed by atoms with Crippen molar-refractivity contribution in [2.45, 2.75) is 31.1 Å². The first-order valence-electron chi connectivity index (χ1n) is 15.0. The normalized spacial score (nSPS) is 20.5. The van der Waals surface area contributed by atoms with Crippen molar-refractivity contribution >= 4 is 40.3 Å². The number of nitrogens with zero attached hydrogens (tertiary/aromatic N) is 4. The van der Waals surface area contributed by atoms with E-state index in [-0.39, 0.29) is 36.7 Å². The van der Waals surface area contributed by atoms with Crippen LogP contribution in [-0.2, 0) is 16.9 Å². The number of likely N-dealkylation sites (tertiary alicyclic amines) is 2.